The van der Waals surface area contributed by atoms with Crippen LogP contribution in [0, 0.1) is 0 Å². The van der Waals surface area contributed by atoms with Crippen molar-refractivity contribution in [3.63, 3.8) is 0 Å². The molecule has 0 fully saturated rings. The molecule has 3 aromatic rings. The molecule has 2 heterocycles. The maximum atomic E-state index is 5.92. The minimum Gasteiger partial charge on any atom is -0.485 e. The Morgan fingerprint density at radius 3 is 1.86 bits per heavy atom. The van der Waals surface area contributed by atoms with E-state index in [1.54, 1.807) is 11.3 Å². The van der Waals surface area contributed by atoms with Gasteiger partial charge in [0.15, 0.2) is 11.5 Å². The van der Waals surface area contributed by atoms with Gasteiger partial charge in [-0.2, -0.15) is 0 Å². The van der Waals surface area contributed by atoms with Crippen LogP contribution in [0.4, 0.5) is 0 Å². The lowest BCUT2D eigenvalue weighted by Crippen LogP contribution is -2.14. The van der Waals surface area contributed by atoms with Gasteiger partial charge in [-0.1, -0.05) is 58.4 Å². The quantitative estimate of drug-likeness (QED) is 0.581. The van der Waals surface area contributed by atoms with Crippen LogP contribution in [0.1, 0.15) is 0 Å². The van der Waals surface area contributed by atoms with Crippen molar-refractivity contribution < 1.29 is 9.47 Å². The maximum Gasteiger partial charge on any atom is 0.180 e. The van der Waals surface area contributed by atoms with E-state index in [1.807, 2.05) is 30.3 Å². The summed E-state index contributed by atoms with van der Waals surface area (Å²) in [7, 11) is 0. The van der Waals surface area contributed by atoms with Gasteiger partial charge < -0.3 is 9.47 Å². The van der Waals surface area contributed by atoms with Crippen molar-refractivity contribution in [3.05, 3.63) is 59.1 Å². The summed E-state index contributed by atoms with van der Waals surface area (Å²) in [6, 6.07) is 18.6. The minimum absolute atomic E-state index is 0.599. The Morgan fingerprint density at radius 2 is 1.27 bits per heavy atom. The van der Waals surface area contributed by atoms with Crippen LogP contribution in [-0.2, 0) is 0 Å². The molecule has 1 aliphatic heterocycles. The first-order valence-electron chi connectivity index (χ1n) is 7.06. The second-order valence-electron chi connectivity index (χ2n) is 4.99. The number of benzene rings is 2. The molecule has 0 unspecified atom stereocenters. The Kier molecular flexibility index (Phi) is 3.64. The van der Waals surface area contributed by atoms with Gasteiger partial charge in [0.05, 0.1) is 9.75 Å². The van der Waals surface area contributed by atoms with Crippen LogP contribution in [0.2, 0.25) is 0 Å². The van der Waals surface area contributed by atoms with Gasteiger partial charge in [-0.3, -0.25) is 0 Å². The second kappa shape index (κ2) is 5.78. The molecule has 22 heavy (non-hydrogen) atoms. The summed E-state index contributed by atoms with van der Waals surface area (Å²) in [5.74, 6) is 1.75. The van der Waals surface area contributed by atoms with E-state index >= 15 is 0 Å². The number of ether oxygens (including phenoxy) is 2. The Labute approximate surface area is 141 Å². The third kappa shape index (κ3) is 2.42. The van der Waals surface area contributed by atoms with Crippen LogP contribution in [0.3, 0.4) is 0 Å². The first-order valence-corrected chi connectivity index (χ1v) is 8.67. The smallest absolute Gasteiger partial charge is 0.180 e. The topological polar surface area (TPSA) is 18.5 Å². The average Bonchev–Trinajstić information content (AvgIpc) is 2.96. The monoisotopic (exact) mass is 372 g/mol. The molecule has 0 aliphatic carbocycles. The van der Waals surface area contributed by atoms with Crippen molar-refractivity contribution >= 4 is 27.3 Å². The van der Waals surface area contributed by atoms with E-state index in [1.165, 1.54) is 0 Å². The van der Waals surface area contributed by atoms with Gasteiger partial charge in [0, 0.05) is 4.47 Å². The summed E-state index contributed by atoms with van der Waals surface area (Å²) in [6.45, 7) is 1.20. The fraction of sp³-hybridized carbons (Fsp3) is 0.111. The molecule has 0 N–H and O–H groups in total. The summed E-state index contributed by atoms with van der Waals surface area (Å²) in [4.78, 5) is 2.26. The molecule has 4 heteroatoms. The van der Waals surface area contributed by atoms with Gasteiger partial charge in [-0.15, -0.1) is 11.3 Å². The highest BCUT2D eigenvalue weighted by Crippen LogP contribution is 2.53. The zero-order chi connectivity index (χ0) is 14.9. The lowest BCUT2D eigenvalue weighted by atomic mass is 10.1. The molecule has 0 atom stereocenters. The minimum atomic E-state index is 0.599. The first-order chi connectivity index (χ1) is 10.8. The van der Waals surface area contributed by atoms with Crippen molar-refractivity contribution in [3.8, 4) is 32.4 Å². The van der Waals surface area contributed by atoms with E-state index in [0.717, 1.165) is 36.9 Å². The van der Waals surface area contributed by atoms with Gasteiger partial charge in [0.1, 0.15) is 13.2 Å². The standard InChI is InChI=1S/C18H13BrO2S/c19-14-8-6-13(7-9-14)18-16-15(20-10-11-21-16)17(22-18)12-4-2-1-3-5-12/h1-9H,10-11H2. The van der Waals surface area contributed by atoms with Crippen LogP contribution < -0.4 is 9.47 Å². The van der Waals surface area contributed by atoms with E-state index in [-0.39, 0.29) is 0 Å². The third-order valence-electron chi connectivity index (χ3n) is 3.54. The normalized spacial score (nSPS) is 13.1. The summed E-state index contributed by atoms with van der Waals surface area (Å²) >= 11 is 5.20. The van der Waals surface area contributed by atoms with Crippen molar-refractivity contribution in [2.24, 2.45) is 0 Å². The van der Waals surface area contributed by atoms with E-state index in [2.05, 4.69) is 40.2 Å². The number of fused-ring (bicyclic) bond motifs is 1. The fourth-order valence-electron chi connectivity index (χ4n) is 2.52. The van der Waals surface area contributed by atoms with Crippen molar-refractivity contribution in [1.82, 2.24) is 0 Å². The predicted molar refractivity (Wildman–Crippen MR) is 93.9 cm³/mol. The highest BCUT2D eigenvalue weighted by atomic mass is 79.9. The molecule has 0 saturated heterocycles. The predicted octanol–water partition coefficient (Wildman–Crippen LogP) is 5.62. The third-order valence-corrected chi connectivity index (χ3v) is 5.32. The summed E-state index contributed by atoms with van der Waals surface area (Å²) in [5.41, 5.74) is 2.31. The molecule has 0 saturated carbocycles. The maximum absolute atomic E-state index is 5.92. The van der Waals surface area contributed by atoms with E-state index in [0.29, 0.717) is 13.2 Å². The van der Waals surface area contributed by atoms with Crippen LogP contribution in [0.15, 0.2) is 59.1 Å². The Bertz CT molecular complexity index is 794. The number of thiophene rings is 1. The summed E-state index contributed by atoms with van der Waals surface area (Å²) in [6.07, 6.45) is 0. The molecule has 0 radical (unpaired) electrons. The number of rotatable bonds is 2. The van der Waals surface area contributed by atoms with Gasteiger partial charge in [0.2, 0.25) is 0 Å². The van der Waals surface area contributed by atoms with Crippen LogP contribution in [0.25, 0.3) is 20.9 Å². The van der Waals surface area contributed by atoms with Crippen LogP contribution in [-0.4, -0.2) is 13.2 Å². The first kappa shape index (κ1) is 13.9. The van der Waals surface area contributed by atoms with Crippen molar-refractivity contribution in [2.45, 2.75) is 0 Å². The molecular formula is C18H13BrO2S. The summed E-state index contributed by atoms with van der Waals surface area (Å²) < 4.78 is 12.9. The molecule has 0 spiro atoms. The molecule has 4 rings (SSSR count). The second-order valence-corrected chi connectivity index (χ2v) is 6.92. The zero-order valence-corrected chi connectivity index (χ0v) is 14.1. The lowest BCUT2D eigenvalue weighted by molar-refractivity contribution is 0.175. The molecule has 0 bridgehead atoms. The Hall–Kier alpha value is -1.78. The molecule has 110 valence electrons. The van der Waals surface area contributed by atoms with E-state index < -0.39 is 0 Å². The fourth-order valence-corrected chi connectivity index (χ4v) is 3.99. The molecular weight excluding hydrogens is 360 g/mol. The van der Waals surface area contributed by atoms with Crippen molar-refractivity contribution in [1.29, 1.82) is 0 Å². The van der Waals surface area contributed by atoms with Gasteiger partial charge in [-0.05, 0) is 23.3 Å². The summed E-state index contributed by atoms with van der Waals surface area (Å²) in [5, 5.41) is 0. The SMILES string of the molecule is Brc1ccc(-c2sc(-c3ccccc3)c3c2OCCO3)cc1. The van der Waals surface area contributed by atoms with E-state index in [4.69, 9.17) is 9.47 Å². The van der Waals surface area contributed by atoms with Crippen LogP contribution >= 0.6 is 27.3 Å². The highest BCUT2D eigenvalue weighted by molar-refractivity contribution is 9.10. The Morgan fingerprint density at radius 1 is 0.727 bits per heavy atom. The van der Waals surface area contributed by atoms with Crippen LogP contribution in [0.5, 0.6) is 11.5 Å². The molecule has 1 aliphatic rings. The highest BCUT2D eigenvalue weighted by Gasteiger charge is 2.25. The number of hydrogen-bond donors (Lipinski definition) is 0. The Balaban J connectivity index is 1.89. The number of halogens is 1. The largest absolute Gasteiger partial charge is 0.485 e. The van der Waals surface area contributed by atoms with Gasteiger partial charge in [-0.25, -0.2) is 0 Å². The average molecular weight is 373 g/mol. The molecule has 1 aromatic heterocycles. The number of hydrogen-bond acceptors (Lipinski definition) is 3. The molecule has 2 aromatic carbocycles. The molecule has 2 nitrogen and oxygen atoms in total. The molecule has 0 amide bonds. The van der Waals surface area contributed by atoms with E-state index in [9.17, 15) is 0 Å². The zero-order valence-electron chi connectivity index (χ0n) is 11.7. The van der Waals surface area contributed by atoms with Gasteiger partial charge >= 0.3 is 0 Å². The van der Waals surface area contributed by atoms with Crippen molar-refractivity contribution in [2.75, 3.05) is 13.2 Å². The van der Waals surface area contributed by atoms with Gasteiger partial charge in [0.25, 0.3) is 0 Å². The lowest BCUT2D eigenvalue weighted by Gasteiger charge is -2.17.